The maximum absolute atomic E-state index is 16.9. The van der Waals surface area contributed by atoms with Crippen LogP contribution in [0.4, 0.5) is 4.39 Å². The fraction of sp³-hybridized carbons (Fsp3) is 0.773. The van der Waals surface area contributed by atoms with E-state index in [4.69, 9.17) is 0 Å². The minimum absolute atomic E-state index is 0.0451. The van der Waals surface area contributed by atoms with E-state index < -0.39 is 58.5 Å². The van der Waals surface area contributed by atoms with Crippen LogP contribution in [0.25, 0.3) is 0 Å². The minimum atomic E-state index is -1.94. The van der Waals surface area contributed by atoms with Gasteiger partial charge in [-0.25, -0.2) is 4.39 Å². The van der Waals surface area contributed by atoms with Crippen LogP contribution >= 0.6 is 0 Å². The standard InChI is InChI=1S/C22H31FO5/c1-12-8-16-15-5-4-13-9-14(25)6-7-19(13,2)21(15,23)17(26)10-20(16,3)22(12,28)18(27)11-24/h6-7,9,12,14-17,24-26,28H,4-5,8,10-11H2,1-3H3/t12-,14+,15+,16+,17+,19+,20+,21+,22+/m1/s1. The summed E-state index contributed by atoms with van der Waals surface area (Å²) >= 11 is 0. The number of halogens is 1. The van der Waals surface area contributed by atoms with Crippen LogP contribution < -0.4 is 0 Å². The van der Waals surface area contributed by atoms with Gasteiger partial charge in [-0.1, -0.05) is 37.6 Å². The van der Waals surface area contributed by atoms with Crippen LogP contribution in [0.2, 0.25) is 0 Å². The van der Waals surface area contributed by atoms with E-state index in [-0.39, 0.29) is 12.3 Å². The Hall–Kier alpha value is -1.08. The first kappa shape index (κ1) is 20.2. The second-order valence-electron chi connectivity index (χ2n) is 9.89. The summed E-state index contributed by atoms with van der Waals surface area (Å²) in [5.41, 5.74) is -4.94. The monoisotopic (exact) mass is 394 g/mol. The molecule has 0 radical (unpaired) electrons. The maximum Gasteiger partial charge on any atom is 0.190 e. The predicted octanol–water partition coefficient (Wildman–Crippen LogP) is 1.69. The van der Waals surface area contributed by atoms with Gasteiger partial charge in [0.2, 0.25) is 0 Å². The van der Waals surface area contributed by atoms with E-state index in [0.29, 0.717) is 19.3 Å². The lowest BCUT2D eigenvalue weighted by Gasteiger charge is -2.62. The van der Waals surface area contributed by atoms with Gasteiger partial charge in [0.15, 0.2) is 11.5 Å². The Morgan fingerprint density at radius 2 is 1.96 bits per heavy atom. The first-order valence-corrected chi connectivity index (χ1v) is 10.3. The summed E-state index contributed by atoms with van der Waals surface area (Å²) in [5.74, 6) is -1.88. The van der Waals surface area contributed by atoms with E-state index >= 15 is 4.39 Å². The van der Waals surface area contributed by atoms with Crippen LogP contribution in [-0.4, -0.2) is 56.3 Å². The number of Topliss-reactive ketones (excluding diaryl/α,β-unsaturated/α-hetero) is 1. The van der Waals surface area contributed by atoms with Gasteiger partial charge in [0.25, 0.3) is 0 Å². The minimum Gasteiger partial charge on any atom is -0.390 e. The zero-order chi connectivity index (χ0) is 20.7. The van der Waals surface area contributed by atoms with Gasteiger partial charge in [-0.2, -0.15) is 0 Å². The molecule has 5 nitrogen and oxygen atoms in total. The Labute approximate surface area is 165 Å². The van der Waals surface area contributed by atoms with Crippen molar-refractivity contribution in [2.24, 2.45) is 28.6 Å². The Bertz CT molecular complexity index is 764. The number of rotatable bonds is 2. The number of aliphatic hydroxyl groups excluding tert-OH is 3. The van der Waals surface area contributed by atoms with Crippen LogP contribution in [0.3, 0.4) is 0 Å². The molecule has 4 aliphatic carbocycles. The molecule has 4 rings (SSSR count). The molecule has 0 aromatic heterocycles. The van der Waals surface area contributed by atoms with Crippen molar-refractivity contribution < 1.29 is 29.6 Å². The van der Waals surface area contributed by atoms with Crippen LogP contribution in [0.1, 0.15) is 46.5 Å². The average molecular weight is 394 g/mol. The van der Waals surface area contributed by atoms with E-state index in [1.54, 1.807) is 39.0 Å². The number of ketones is 1. The number of carbonyl (C=O) groups excluding carboxylic acids is 1. The molecule has 0 spiro atoms. The lowest BCUT2D eigenvalue weighted by Crippen LogP contribution is -2.69. The van der Waals surface area contributed by atoms with Crippen LogP contribution in [0.5, 0.6) is 0 Å². The molecule has 0 saturated heterocycles. The quantitative estimate of drug-likeness (QED) is 0.535. The smallest absolute Gasteiger partial charge is 0.190 e. The number of carbonyl (C=O) groups is 1. The van der Waals surface area contributed by atoms with Crippen molar-refractivity contribution in [1.82, 2.24) is 0 Å². The summed E-state index contributed by atoms with van der Waals surface area (Å²) in [6.07, 6.45) is 4.36. The molecule has 4 aliphatic rings. The summed E-state index contributed by atoms with van der Waals surface area (Å²) in [6.45, 7) is 4.56. The van der Waals surface area contributed by atoms with E-state index in [9.17, 15) is 25.2 Å². The molecule has 6 heteroatoms. The highest BCUT2D eigenvalue weighted by Gasteiger charge is 2.75. The van der Waals surface area contributed by atoms with Gasteiger partial charge < -0.3 is 20.4 Å². The molecule has 0 unspecified atom stereocenters. The highest BCUT2D eigenvalue weighted by molar-refractivity contribution is 5.90. The summed E-state index contributed by atoms with van der Waals surface area (Å²) < 4.78 is 16.9. The fourth-order valence-corrected chi connectivity index (χ4v) is 7.38. The Balaban J connectivity index is 1.83. The van der Waals surface area contributed by atoms with E-state index in [1.807, 2.05) is 0 Å². The van der Waals surface area contributed by atoms with Crippen molar-refractivity contribution in [3.63, 3.8) is 0 Å². The molecule has 28 heavy (non-hydrogen) atoms. The molecule has 9 atom stereocenters. The van der Waals surface area contributed by atoms with Crippen molar-refractivity contribution in [3.8, 4) is 0 Å². The van der Waals surface area contributed by atoms with Crippen molar-refractivity contribution in [3.05, 3.63) is 23.8 Å². The third kappa shape index (κ3) is 2.07. The molecule has 4 N–H and O–H groups in total. The number of hydrogen-bond donors (Lipinski definition) is 4. The summed E-state index contributed by atoms with van der Waals surface area (Å²) in [4.78, 5) is 12.6. The van der Waals surface area contributed by atoms with Gasteiger partial charge in [0, 0.05) is 16.7 Å². The zero-order valence-electron chi connectivity index (χ0n) is 16.7. The molecule has 0 bridgehead atoms. The Morgan fingerprint density at radius 3 is 2.61 bits per heavy atom. The van der Waals surface area contributed by atoms with E-state index in [1.165, 1.54) is 0 Å². The Kier molecular flexibility index (Phi) is 4.31. The normalized spacial score (nSPS) is 55.1. The molecule has 0 aromatic carbocycles. The maximum atomic E-state index is 16.9. The predicted molar refractivity (Wildman–Crippen MR) is 101 cm³/mol. The van der Waals surface area contributed by atoms with Crippen molar-refractivity contribution in [2.45, 2.75) is 69.9 Å². The van der Waals surface area contributed by atoms with Crippen molar-refractivity contribution >= 4 is 5.78 Å². The van der Waals surface area contributed by atoms with E-state index in [2.05, 4.69) is 0 Å². The molecule has 0 aliphatic heterocycles. The first-order valence-electron chi connectivity index (χ1n) is 10.3. The molecule has 0 amide bonds. The molecule has 156 valence electrons. The number of aliphatic hydroxyl groups is 4. The molecule has 0 aromatic rings. The summed E-state index contributed by atoms with van der Waals surface area (Å²) in [6, 6.07) is 0. The van der Waals surface area contributed by atoms with Gasteiger partial charge in [0.1, 0.15) is 12.2 Å². The number of fused-ring (bicyclic) bond motifs is 5. The van der Waals surface area contributed by atoms with E-state index in [0.717, 1.165) is 5.57 Å². The molecule has 0 heterocycles. The molecule has 3 saturated carbocycles. The Morgan fingerprint density at radius 1 is 1.29 bits per heavy atom. The molecular weight excluding hydrogens is 363 g/mol. The van der Waals surface area contributed by atoms with Gasteiger partial charge in [0.05, 0.1) is 12.2 Å². The number of allylic oxidation sites excluding steroid dienone is 2. The number of alkyl halides is 1. The first-order chi connectivity index (χ1) is 13.0. The van der Waals surface area contributed by atoms with Crippen LogP contribution in [-0.2, 0) is 4.79 Å². The highest BCUT2D eigenvalue weighted by atomic mass is 19.1. The van der Waals surface area contributed by atoms with Gasteiger partial charge in [-0.3, -0.25) is 4.79 Å². The highest BCUT2D eigenvalue weighted by Crippen LogP contribution is 2.70. The summed E-state index contributed by atoms with van der Waals surface area (Å²) in [5, 5.41) is 42.0. The van der Waals surface area contributed by atoms with Crippen molar-refractivity contribution in [2.75, 3.05) is 6.61 Å². The van der Waals surface area contributed by atoms with Crippen molar-refractivity contribution in [1.29, 1.82) is 0 Å². The van der Waals surface area contributed by atoms with Gasteiger partial charge in [-0.15, -0.1) is 0 Å². The SMILES string of the molecule is C[C@@H]1C[C@H]2[C@@H]3CCC4=C[C@@H](O)C=C[C@]4(C)[C@@]3(F)[C@@H](O)C[C@]2(C)[C@@]1(O)C(=O)CO. The number of hydrogen-bond acceptors (Lipinski definition) is 5. The van der Waals surface area contributed by atoms with Gasteiger partial charge in [-0.05, 0) is 44.4 Å². The fourth-order valence-electron chi connectivity index (χ4n) is 7.38. The third-order valence-electron chi connectivity index (χ3n) is 8.89. The lowest BCUT2D eigenvalue weighted by molar-refractivity contribution is -0.219. The van der Waals surface area contributed by atoms with Crippen LogP contribution in [0, 0.1) is 28.6 Å². The largest absolute Gasteiger partial charge is 0.390 e. The second-order valence-corrected chi connectivity index (χ2v) is 9.89. The second kappa shape index (κ2) is 5.97. The van der Waals surface area contributed by atoms with Gasteiger partial charge >= 0.3 is 0 Å². The topological polar surface area (TPSA) is 98.0 Å². The molecular formula is C22H31FO5. The average Bonchev–Trinajstić information content (AvgIpc) is 2.84. The lowest BCUT2D eigenvalue weighted by atomic mass is 9.44. The third-order valence-corrected chi connectivity index (χ3v) is 8.89. The zero-order valence-corrected chi connectivity index (χ0v) is 16.7. The molecule has 3 fully saturated rings. The van der Waals surface area contributed by atoms with Crippen LogP contribution in [0.15, 0.2) is 23.8 Å². The summed E-state index contributed by atoms with van der Waals surface area (Å²) in [7, 11) is 0.